The largest absolute Gasteiger partial charge is 0.436 e. The van der Waals surface area contributed by atoms with Crippen molar-refractivity contribution in [2.45, 2.75) is 17.9 Å². The van der Waals surface area contributed by atoms with Crippen LogP contribution in [0.25, 0.3) is 0 Å². The summed E-state index contributed by atoms with van der Waals surface area (Å²) < 4.78 is 29.4. The molecule has 1 N–H and O–H groups in total. The summed E-state index contributed by atoms with van der Waals surface area (Å²) in [4.78, 5) is 12.7. The molecule has 3 rings (SSSR count). The lowest BCUT2D eigenvalue weighted by atomic mass is 10.0. The van der Waals surface area contributed by atoms with E-state index in [4.69, 9.17) is 4.74 Å². The van der Waals surface area contributed by atoms with Crippen LogP contribution in [0.1, 0.15) is 24.2 Å². The predicted molar refractivity (Wildman–Crippen MR) is 109 cm³/mol. The van der Waals surface area contributed by atoms with Crippen LogP contribution in [0.2, 0.25) is 0 Å². The molecule has 3 aromatic carbocycles. The number of sulfone groups is 1. The van der Waals surface area contributed by atoms with Crippen molar-refractivity contribution in [3.63, 3.8) is 0 Å². The molecule has 0 aromatic heterocycles. The smallest absolute Gasteiger partial charge is 0.412 e. The molecule has 144 valence electrons. The Labute approximate surface area is 164 Å². The number of amides is 1. The van der Waals surface area contributed by atoms with E-state index in [9.17, 15) is 13.2 Å². The molecule has 0 bridgehead atoms. The first-order valence-electron chi connectivity index (χ1n) is 8.90. The van der Waals surface area contributed by atoms with Gasteiger partial charge in [-0.15, -0.1) is 0 Å². The van der Waals surface area contributed by atoms with Gasteiger partial charge in [-0.05, 0) is 35.4 Å². The van der Waals surface area contributed by atoms with Crippen LogP contribution in [0.3, 0.4) is 0 Å². The van der Waals surface area contributed by atoms with Gasteiger partial charge in [-0.2, -0.15) is 0 Å². The second-order valence-corrected chi connectivity index (χ2v) is 8.44. The van der Waals surface area contributed by atoms with Gasteiger partial charge in [0.15, 0.2) is 15.9 Å². The molecule has 0 atom stereocenters. The van der Waals surface area contributed by atoms with E-state index in [1.54, 1.807) is 19.1 Å². The summed E-state index contributed by atoms with van der Waals surface area (Å²) >= 11 is 0. The van der Waals surface area contributed by atoms with Crippen molar-refractivity contribution >= 4 is 21.6 Å². The molecule has 0 unspecified atom stereocenters. The van der Waals surface area contributed by atoms with Crippen molar-refractivity contribution in [3.05, 3.63) is 96.1 Å². The molecule has 28 heavy (non-hydrogen) atoms. The molecule has 0 aliphatic rings. The number of nitrogens with one attached hydrogen (secondary N) is 1. The van der Waals surface area contributed by atoms with Crippen LogP contribution in [0.15, 0.2) is 89.8 Å². The molecule has 0 heterocycles. The maximum absolute atomic E-state index is 12.5. The van der Waals surface area contributed by atoms with E-state index < -0.39 is 22.0 Å². The Morgan fingerprint density at radius 3 is 1.82 bits per heavy atom. The second kappa shape index (κ2) is 8.71. The van der Waals surface area contributed by atoms with Gasteiger partial charge >= 0.3 is 6.09 Å². The third-order valence-electron chi connectivity index (χ3n) is 4.27. The van der Waals surface area contributed by atoms with Gasteiger partial charge in [-0.1, -0.05) is 67.6 Å². The summed E-state index contributed by atoms with van der Waals surface area (Å²) in [6, 6.07) is 25.0. The zero-order valence-electron chi connectivity index (χ0n) is 15.4. The highest BCUT2D eigenvalue weighted by atomic mass is 32.2. The molecule has 0 aliphatic heterocycles. The van der Waals surface area contributed by atoms with E-state index in [-0.39, 0.29) is 10.6 Å². The molecule has 0 saturated heterocycles. The number of rotatable bonds is 6. The molecular formula is C22H21NO4S. The number of benzene rings is 3. The van der Waals surface area contributed by atoms with Crippen LogP contribution < -0.4 is 5.32 Å². The third kappa shape index (κ3) is 4.78. The topological polar surface area (TPSA) is 72.5 Å². The molecule has 0 radical (unpaired) electrons. The van der Waals surface area contributed by atoms with Crippen molar-refractivity contribution in [2.24, 2.45) is 0 Å². The Bertz CT molecular complexity index is 978. The van der Waals surface area contributed by atoms with Gasteiger partial charge < -0.3 is 4.74 Å². The van der Waals surface area contributed by atoms with Gasteiger partial charge in [-0.3, -0.25) is 5.32 Å². The van der Waals surface area contributed by atoms with Gasteiger partial charge in [0.1, 0.15) is 0 Å². The van der Waals surface area contributed by atoms with Crippen molar-refractivity contribution in [3.8, 4) is 0 Å². The van der Waals surface area contributed by atoms with E-state index in [2.05, 4.69) is 5.32 Å². The number of hydrogen-bond acceptors (Lipinski definition) is 4. The van der Waals surface area contributed by atoms with Gasteiger partial charge in [-0.25, -0.2) is 13.2 Å². The van der Waals surface area contributed by atoms with Crippen LogP contribution >= 0.6 is 0 Å². The number of carbonyl (C=O) groups is 1. The zero-order valence-corrected chi connectivity index (χ0v) is 16.2. The van der Waals surface area contributed by atoms with Crippen molar-refractivity contribution < 1.29 is 17.9 Å². The van der Waals surface area contributed by atoms with Crippen LogP contribution in [0, 0.1) is 0 Å². The van der Waals surface area contributed by atoms with Gasteiger partial charge in [0.2, 0.25) is 0 Å². The first-order chi connectivity index (χ1) is 13.5. The summed E-state index contributed by atoms with van der Waals surface area (Å²) in [6.07, 6.45) is -1.18. The molecule has 0 saturated carbocycles. The van der Waals surface area contributed by atoms with Crippen molar-refractivity contribution in [2.75, 3.05) is 11.1 Å². The van der Waals surface area contributed by atoms with E-state index in [0.717, 1.165) is 11.1 Å². The number of anilines is 1. The second-order valence-electron chi connectivity index (χ2n) is 6.16. The molecule has 0 aliphatic carbocycles. The predicted octanol–water partition coefficient (Wildman–Crippen LogP) is 4.82. The summed E-state index contributed by atoms with van der Waals surface area (Å²) in [5.41, 5.74) is 2.17. The SMILES string of the molecule is CCS(=O)(=O)c1ccc(NC(=O)OC(c2ccccc2)c2ccccc2)cc1. The fourth-order valence-corrected chi connectivity index (χ4v) is 3.63. The molecule has 5 nitrogen and oxygen atoms in total. The van der Waals surface area contributed by atoms with Gasteiger partial charge in [0.05, 0.1) is 10.6 Å². The molecule has 6 heteroatoms. The Balaban J connectivity index is 1.76. The third-order valence-corrected chi connectivity index (χ3v) is 6.02. The lowest BCUT2D eigenvalue weighted by molar-refractivity contribution is 0.131. The molecule has 0 fully saturated rings. The van der Waals surface area contributed by atoms with E-state index >= 15 is 0 Å². The quantitative estimate of drug-likeness (QED) is 0.650. The Kier molecular flexibility index (Phi) is 6.11. The molecule has 1 amide bonds. The van der Waals surface area contributed by atoms with Crippen LogP contribution in [0.4, 0.5) is 10.5 Å². The molecular weight excluding hydrogens is 374 g/mol. The standard InChI is InChI=1S/C22H21NO4S/c1-2-28(25,26)20-15-13-19(14-16-20)23-22(24)27-21(17-9-5-3-6-10-17)18-11-7-4-8-12-18/h3-16,21H,2H2,1H3,(H,23,24). The van der Waals surface area contributed by atoms with Crippen molar-refractivity contribution in [1.29, 1.82) is 0 Å². The minimum atomic E-state index is -3.28. The maximum Gasteiger partial charge on any atom is 0.412 e. The lowest BCUT2D eigenvalue weighted by Crippen LogP contribution is -2.18. The Morgan fingerprint density at radius 2 is 1.36 bits per heavy atom. The summed E-state index contributed by atoms with van der Waals surface area (Å²) in [7, 11) is -3.28. The van der Waals surface area contributed by atoms with Crippen LogP contribution in [-0.4, -0.2) is 20.3 Å². The van der Waals surface area contributed by atoms with E-state index in [0.29, 0.717) is 5.69 Å². The first kappa shape index (κ1) is 19.6. The van der Waals surface area contributed by atoms with Crippen LogP contribution in [-0.2, 0) is 14.6 Å². The van der Waals surface area contributed by atoms with E-state index in [1.807, 2.05) is 60.7 Å². The summed E-state index contributed by atoms with van der Waals surface area (Å²) in [6.45, 7) is 1.59. The number of carbonyl (C=O) groups excluding carboxylic acids is 1. The summed E-state index contributed by atoms with van der Waals surface area (Å²) in [5, 5.41) is 2.65. The first-order valence-corrected chi connectivity index (χ1v) is 10.5. The number of hydrogen-bond donors (Lipinski definition) is 1. The van der Waals surface area contributed by atoms with E-state index in [1.165, 1.54) is 12.1 Å². The van der Waals surface area contributed by atoms with Crippen LogP contribution in [0.5, 0.6) is 0 Å². The average molecular weight is 395 g/mol. The normalized spacial score (nSPS) is 11.2. The molecule has 0 spiro atoms. The highest BCUT2D eigenvalue weighted by molar-refractivity contribution is 7.91. The Hall–Kier alpha value is -3.12. The average Bonchev–Trinajstić information content (AvgIpc) is 2.73. The fraction of sp³-hybridized carbons (Fsp3) is 0.136. The summed E-state index contributed by atoms with van der Waals surface area (Å²) in [5.74, 6) is 0.0254. The highest BCUT2D eigenvalue weighted by Crippen LogP contribution is 2.26. The minimum absolute atomic E-state index is 0.0254. The molecule has 3 aromatic rings. The van der Waals surface area contributed by atoms with Gasteiger partial charge in [0.25, 0.3) is 0 Å². The fourth-order valence-electron chi connectivity index (χ4n) is 2.75. The minimum Gasteiger partial charge on any atom is -0.436 e. The Morgan fingerprint density at radius 1 is 0.857 bits per heavy atom. The van der Waals surface area contributed by atoms with Gasteiger partial charge in [0, 0.05) is 5.69 Å². The highest BCUT2D eigenvalue weighted by Gasteiger charge is 2.19. The lowest BCUT2D eigenvalue weighted by Gasteiger charge is -2.19. The zero-order chi connectivity index (χ0) is 20.0. The monoisotopic (exact) mass is 395 g/mol. The number of ether oxygens (including phenoxy) is 1. The van der Waals surface area contributed by atoms with Crippen molar-refractivity contribution in [1.82, 2.24) is 0 Å². The maximum atomic E-state index is 12.5.